The molecule has 2 N–H and O–H groups in total. The molecule has 1 aromatic carbocycles. The number of H-pyrrole nitrogens is 1. The molecule has 1 aliphatic heterocycles. The van der Waals surface area contributed by atoms with Gasteiger partial charge in [0.15, 0.2) is 5.69 Å². The molecular formula is C19H28N4O3. The summed E-state index contributed by atoms with van der Waals surface area (Å²) in [5.41, 5.74) is 1.33. The maximum absolute atomic E-state index is 12.3. The SMILES string of the molecule is COC(C)(C)C.O=CN1CCC(NC(=O)c2n[nH]c3ccccc23)CC1. The molecule has 1 aliphatic rings. The number of para-hydroxylation sites is 1. The van der Waals surface area contributed by atoms with Crippen molar-refractivity contribution < 1.29 is 14.3 Å². The Kier molecular flexibility index (Phi) is 6.74. The average molecular weight is 360 g/mol. The summed E-state index contributed by atoms with van der Waals surface area (Å²) in [5.74, 6) is -0.160. The van der Waals surface area contributed by atoms with Crippen LogP contribution in [0.3, 0.4) is 0 Å². The lowest BCUT2D eigenvalue weighted by Crippen LogP contribution is -2.44. The van der Waals surface area contributed by atoms with E-state index in [-0.39, 0.29) is 17.6 Å². The first-order chi connectivity index (χ1) is 12.3. The standard InChI is InChI=1S/C14H16N4O2.C5H12O/c19-9-18-7-5-10(6-8-18)15-14(20)13-11-3-1-2-4-12(11)16-17-13;1-5(2,3)6-4/h1-4,9-10H,5-8H2,(H,15,20)(H,16,17);1-4H3. The summed E-state index contributed by atoms with van der Waals surface area (Å²) < 4.78 is 4.94. The summed E-state index contributed by atoms with van der Waals surface area (Å²) in [4.78, 5) is 24.6. The molecule has 7 nitrogen and oxygen atoms in total. The van der Waals surface area contributed by atoms with Crippen LogP contribution in [0.1, 0.15) is 44.1 Å². The number of methoxy groups -OCH3 is 1. The van der Waals surface area contributed by atoms with E-state index in [4.69, 9.17) is 4.74 Å². The predicted molar refractivity (Wildman–Crippen MR) is 101 cm³/mol. The van der Waals surface area contributed by atoms with Crippen molar-refractivity contribution in [3.63, 3.8) is 0 Å². The van der Waals surface area contributed by atoms with Crippen molar-refractivity contribution in [3.8, 4) is 0 Å². The number of aromatic nitrogens is 2. The van der Waals surface area contributed by atoms with E-state index < -0.39 is 0 Å². The molecule has 2 amide bonds. The van der Waals surface area contributed by atoms with Gasteiger partial charge in [0.1, 0.15) is 0 Å². The van der Waals surface area contributed by atoms with Gasteiger partial charge in [-0.15, -0.1) is 0 Å². The number of nitrogens with one attached hydrogen (secondary N) is 2. The molecule has 0 spiro atoms. The molecule has 2 aromatic rings. The van der Waals surface area contributed by atoms with E-state index >= 15 is 0 Å². The van der Waals surface area contributed by atoms with Gasteiger partial charge >= 0.3 is 0 Å². The molecule has 0 saturated carbocycles. The van der Waals surface area contributed by atoms with E-state index in [1.165, 1.54) is 0 Å². The Morgan fingerprint density at radius 2 is 1.92 bits per heavy atom. The van der Waals surface area contributed by atoms with E-state index in [2.05, 4.69) is 15.5 Å². The monoisotopic (exact) mass is 360 g/mol. The van der Waals surface area contributed by atoms with Gasteiger partial charge in [-0.25, -0.2) is 0 Å². The smallest absolute Gasteiger partial charge is 0.272 e. The average Bonchev–Trinajstić information content (AvgIpc) is 3.06. The number of carbonyl (C=O) groups is 2. The summed E-state index contributed by atoms with van der Waals surface area (Å²) in [6.07, 6.45) is 2.43. The third-order valence-electron chi connectivity index (χ3n) is 4.31. The number of amides is 2. The molecule has 0 unspecified atom stereocenters. The zero-order chi connectivity index (χ0) is 19.2. The highest BCUT2D eigenvalue weighted by Crippen LogP contribution is 2.16. The molecule has 0 radical (unpaired) electrons. The first-order valence-corrected chi connectivity index (χ1v) is 8.82. The number of likely N-dealkylation sites (tertiary alicyclic amines) is 1. The summed E-state index contributed by atoms with van der Waals surface area (Å²) in [6.45, 7) is 7.44. The van der Waals surface area contributed by atoms with Crippen LogP contribution in [0.2, 0.25) is 0 Å². The first-order valence-electron chi connectivity index (χ1n) is 8.82. The number of aromatic amines is 1. The van der Waals surface area contributed by atoms with E-state index in [0.717, 1.165) is 30.2 Å². The Balaban J connectivity index is 0.000000352. The van der Waals surface area contributed by atoms with Gasteiger partial charge in [0.25, 0.3) is 5.91 Å². The van der Waals surface area contributed by atoms with Crippen molar-refractivity contribution in [2.24, 2.45) is 0 Å². The Bertz CT molecular complexity index is 728. The van der Waals surface area contributed by atoms with Gasteiger partial charge in [0.2, 0.25) is 6.41 Å². The lowest BCUT2D eigenvalue weighted by atomic mass is 10.1. The number of hydrogen-bond donors (Lipinski definition) is 2. The molecule has 3 rings (SSSR count). The molecular weight excluding hydrogens is 332 g/mol. The zero-order valence-corrected chi connectivity index (χ0v) is 15.9. The van der Waals surface area contributed by atoms with Crippen LogP contribution in [0.5, 0.6) is 0 Å². The number of benzene rings is 1. The number of rotatable bonds is 3. The van der Waals surface area contributed by atoms with Crippen molar-refractivity contribution >= 4 is 23.2 Å². The Hall–Kier alpha value is -2.41. The number of piperidine rings is 1. The van der Waals surface area contributed by atoms with Gasteiger partial charge in [-0.05, 0) is 39.7 Å². The van der Waals surface area contributed by atoms with Gasteiger partial charge in [0, 0.05) is 31.6 Å². The molecule has 1 aromatic heterocycles. The second kappa shape index (κ2) is 8.80. The molecule has 1 fully saturated rings. The fraction of sp³-hybridized carbons (Fsp3) is 0.526. The summed E-state index contributed by atoms with van der Waals surface area (Å²) in [6, 6.07) is 7.66. The van der Waals surface area contributed by atoms with Gasteiger partial charge in [-0.2, -0.15) is 5.10 Å². The van der Waals surface area contributed by atoms with Crippen LogP contribution in [0.4, 0.5) is 0 Å². The highest BCUT2D eigenvalue weighted by molar-refractivity contribution is 6.04. The lowest BCUT2D eigenvalue weighted by Gasteiger charge is -2.29. The van der Waals surface area contributed by atoms with Crippen molar-refractivity contribution in [3.05, 3.63) is 30.0 Å². The number of ether oxygens (including phenoxy) is 1. The highest BCUT2D eigenvalue weighted by atomic mass is 16.5. The van der Waals surface area contributed by atoms with Crippen molar-refractivity contribution in [2.75, 3.05) is 20.2 Å². The second-order valence-electron chi connectivity index (χ2n) is 7.32. The van der Waals surface area contributed by atoms with Crippen LogP contribution in [-0.2, 0) is 9.53 Å². The highest BCUT2D eigenvalue weighted by Gasteiger charge is 2.22. The van der Waals surface area contributed by atoms with Crippen LogP contribution in [0, 0.1) is 0 Å². The lowest BCUT2D eigenvalue weighted by molar-refractivity contribution is -0.119. The molecule has 0 aliphatic carbocycles. The van der Waals surface area contributed by atoms with Crippen molar-refractivity contribution in [1.82, 2.24) is 20.4 Å². The van der Waals surface area contributed by atoms with E-state index in [9.17, 15) is 9.59 Å². The van der Waals surface area contributed by atoms with Crippen LogP contribution in [0.25, 0.3) is 10.9 Å². The second-order valence-corrected chi connectivity index (χ2v) is 7.32. The first kappa shape index (κ1) is 19.9. The third-order valence-corrected chi connectivity index (χ3v) is 4.31. The number of fused-ring (bicyclic) bond motifs is 1. The minimum Gasteiger partial charge on any atom is -0.379 e. The van der Waals surface area contributed by atoms with Crippen LogP contribution in [0.15, 0.2) is 24.3 Å². The Labute approximate surface area is 154 Å². The minimum atomic E-state index is -0.160. The quantitative estimate of drug-likeness (QED) is 0.823. The fourth-order valence-electron chi connectivity index (χ4n) is 2.54. The molecule has 142 valence electrons. The maximum Gasteiger partial charge on any atom is 0.272 e. The van der Waals surface area contributed by atoms with Crippen molar-refractivity contribution in [1.29, 1.82) is 0 Å². The molecule has 2 heterocycles. The number of nitrogens with zero attached hydrogens (tertiary/aromatic N) is 2. The van der Waals surface area contributed by atoms with Gasteiger partial charge in [0.05, 0.1) is 11.1 Å². The van der Waals surface area contributed by atoms with Gasteiger partial charge in [-0.3, -0.25) is 14.7 Å². The topological polar surface area (TPSA) is 87.3 Å². The summed E-state index contributed by atoms with van der Waals surface area (Å²) in [5, 5.41) is 10.8. The fourth-order valence-corrected chi connectivity index (χ4v) is 2.54. The minimum absolute atomic E-state index is 0.0417. The number of hydrogen-bond acceptors (Lipinski definition) is 4. The Morgan fingerprint density at radius 1 is 1.31 bits per heavy atom. The zero-order valence-electron chi connectivity index (χ0n) is 15.9. The summed E-state index contributed by atoms with van der Waals surface area (Å²) >= 11 is 0. The molecule has 0 atom stereocenters. The van der Waals surface area contributed by atoms with Gasteiger partial charge in [-0.1, -0.05) is 18.2 Å². The van der Waals surface area contributed by atoms with Crippen LogP contribution >= 0.6 is 0 Å². The van der Waals surface area contributed by atoms with E-state index in [1.54, 1.807) is 12.0 Å². The maximum atomic E-state index is 12.3. The van der Waals surface area contributed by atoms with Crippen LogP contribution in [-0.4, -0.2) is 59.3 Å². The molecule has 0 bridgehead atoms. The van der Waals surface area contributed by atoms with Gasteiger partial charge < -0.3 is 15.0 Å². The number of carbonyl (C=O) groups excluding carboxylic acids is 2. The molecule has 7 heteroatoms. The van der Waals surface area contributed by atoms with Crippen LogP contribution < -0.4 is 5.32 Å². The van der Waals surface area contributed by atoms with E-state index in [0.29, 0.717) is 18.8 Å². The largest absolute Gasteiger partial charge is 0.379 e. The molecule has 1 saturated heterocycles. The normalized spacial score (nSPS) is 15.3. The molecule has 26 heavy (non-hydrogen) atoms. The van der Waals surface area contributed by atoms with Crippen molar-refractivity contribution in [2.45, 2.75) is 45.3 Å². The Morgan fingerprint density at radius 3 is 2.50 bits per heavy atom. The predicted octanol–water partition coefficient (Wildman–Crippen LogP) is 2.34. The van der Waals surface area contributed by atoms with E-state index in [1.807, 2.05) is 45.0 Å². The third kappa shape index (κ3) is 5.56. The summed E-state index contributed by atoms with van der Waals surface area (Å²) in [7, 11) is 1.71.